The normalized spacial score (nSPS) is 14.6. The van der Waals surface area contributed by atoms with Crippen LogP contribution < -0.4 is 9.47 Å². The highest BCUT2D eigenvalue weighted by Gasteiger charge is 2.20. The van der Waals surface area contributed by atoms with Gasteiger partial charge >= 0.3 is 0 Å². The van der Waals surface area contributed by atoms with Gasteiger partial charge in [0, 0.05) is 39.1 Å². The molecule has 1 aliphatic heterocycles. The van der Waals surface area contributed by atoms with Gasteiger partial charge in [-0.05, 0) is 55.7 Å². The Bertz CT molecular complexity index is 751. The molecule has 0 N–H and O–H groups in total. The molecular weight excluding hydrogens is 364 g/mol. The van der Waals surface area contributed by atoms with Crippen LogP contribution in [0.25, 0.3) is 0 Å². The van der Waals surface area contributed by atoms with Crippen molar-refractivity contribution in [1.82, 2.24) is 9.80 Å². The van der Waals surface area contributed by atoms with Crippen molar-refractivity contribution in [2.75, 3.05) is 39.4 Å². The lowest BCUT2D eigenvalue weighted by Crippen LogP contribution is -2.48. The molecule has 1 fully saturated rings. The lowest BCUT2D eigenvalue weighted by Gasteiger charge is -2.35. The highest BCUT2D eigenvalue weighted by molar-refractivity contribution is 5.76. The summed E-state index contributed by atoms with van der Waals surface area (Å²) in [6.07, 6.45) is 1.34. The maximum atomic E-state index is 12.6. The zero-order valence-electron chi connectivity index (χ0n) is 17.6. The summed E-state index contributed by atoms with van der Waals surface area (Å²) in [5.41, 5.74) is 2.46. The van der Waals surface area contributed by atoms with Gasteiger partial charge in [-0.3, -0.25) is 9.69 Å². The number of carbonyl (C=O) groups excluding carboxylic acids is 1. The number of benzene rings is 2. The number of rotatable bonds is 9. The highest BCUT2D eigenvalue weighted by atomic mass is 16.5. The van der Waals surface area contributed by atoms with Crippen LogP contribution in [0.3, 0.4) is 0 Å². The Morgan fingerprint density at radius 2 is 1.31 bits per heavy atom. The zero-order chi connectivity index (χ0) is 20.5. The third kappa shape index (κ3) is 6.50. The summed E-state index contributed by atoms with van der Waals surface area (Å²) in [6, 6.07) is 16.4. The number of carbonyl (C=O) groups is 1. The Kier molecular flexibility index (Phi) is 7.94. The molecule has 3 rings (SSSR count). The zero-order valence-corrected chi connectivity index (χ0v) is 17.6. The Morgan fingerprint density at radius 1 is 0.793 bits per heavy atom. The first kappa shape index (κ1) is 21.2. The summed E-state index contributed by atoms with van der Waals surface area (Å²) in [5, 5.41) is 0. The molecule has 2 aromatic rings. The molecule has 0 unspecified atom stereocenters. The van der Waals surface area contributed by atoms with E-state index in [0.717, 1.165) is 50.6 Å². The van der Waals surface area contributed by atoms with Crippen LogP contribution in [0.5, 0.6) is 11.5 Å². The van der Waals surface area contributed by atoms with Gasteiger partial charge in [-0.1, -0.05) is 24.3 Å². The molecule has 0 spiro atoms. The Morgan fingerprint density at radius 3 is 1.83 bits per heavy atom. The van der Waals surface area contributed by atoms with Crippen LogP contribution in [-0.4, -0.2) is 55.1 Å². The molecule has 1 amide bonds. The third-order valence-corrected chi connectivity index (χ3v) is 5.23. The number of amides is 1. The predicted molar refractivity (Wildman–Crippen MR) is 115 cm³/mol. The van der Waals surface area contributed by atoms with Gasteiger partial charge in [0.2, 0.25) is 5.91 Å². The van der Waals surface area contributed by atoms with Crippen molar-refractivity contribution in [2.24, 2.45) is 0 Å². The van der Waals surface area contributed by atoms with Gasteiger partial charge in [-0.2, -0.15) is 0 Å². The number of ether oxygens (including phenoxy) is 2. The largest absolute Gasteiger partial charge is 0.494 e. The van der Waals surface area contributed by atoms with Crippen molar-refractivity contribution in [3.8, 4) is 11.5 Å². The monoisotopic (exact) mass is 396 g/mol. The topological polar surface area (TPSA) is 42.0 Å². The van der Waals surface area contributed by atoms with E-state index in [1.807, 2.05) is 55.1 Å². The molecule has 0 radical (unpaired) electrons. The molecule has 1 heterocycles. The van der Waals surface area contributed by atoms with Gasteiger partial charge in [-0.25, -0.2) is 0 Å². The maximum absolute atomic E-state index is 12.6. The van der Waals surface area contributed by atoms with Gasteiger partial charge in [-0.15, -0.1) is 0 Å². The molecule has 1 saturated heterocycles. The molecule has 5 nitrogen and oxygen atoms in total. The first-order valence-corrected chi connectivity index (χ1v) is 10.6. The van der Waals surface area contributed by atoms with Crippen LogP contribution in [0.4, 0.5) is 0 Å². The smallest absolute Gasteiger partial charge is 0.222 e. The molecular formula is C24H32N2O3. The summed E-state index contributed by atoms with van der Waals surface area (Å²) in [7, 11) is 0. The van der Waals surface area contributed by atoms with E-state index >= 15 is 0 Å². The minimum absolute atomic E-state index is 0.250. The first-order chi connectivity index (χ1) is 14.2. The van der Waals surface area contributed by atoms with Crippen LogP contribution in [0.15, 0.2) is 48.5 Å². The Hall–Kier alpha value is -2.53. The van der Waals surface area contributed by atoms with Crippen LogP contribution in [0.1, 0.15) is 31.4 Å². The van der Waals surface area contributed by atoms with Crippen molar-refractivity contribution in [1.29, 1.82) is 0 Å². The van der Waals surface area contributed by atoms with Crippen LogP contribution in [-0.2, 0) is 17.8 Å². The Labute approximate surface area is 174 Å². The molecule has 1 aliphatic rings. The predicted octanol–water partition coefficient (Wildman–Crippen LogP) is 3.76. The Balaban J connectivity index is 1.39. The second-order valence-electron chi connectivity index (χ2n) is 7.31. The van der Waals surface area contributed by atoms with Gasteiger partial charge in [0.25, 0.3) is 0 Å². The van der Waals surface area contributed by atoms with Crippen LogP contribution in [0, 0.1) is 0 Å². The minimum Gasteiger partial charge on any atom is -0.494 e. The minimum atomic E-state index is 0.250. The average Bonchev–Trinajstić information content (AvgIpc) is 2.75. The maximum Gasteiger partial charge on any atom is 0.222 e. The van der Waals surface area contributed by atoms with Crippen molar-refractivity contribution >= 4 is 5.91 Å². The van der Waals surface area contributed by atoms with E-state index in [9.17, 15) is 4.79 Å². The molecule has 0 aliphatic carbocycles. The van der Waals surface area contributed by atoms with E-state index < -0.39 is 0 Å². The first-order valence-electron chi connectivity index (χ1n) is 10.6. The molecule has 2 aromatic carbocycles. The van der Waals surface area contributed by atoms with Crippen molar-refractivity contribution in [3.63, 3.8) is 0 Å². The quantitative estimate of drug-likeness (QED) is 0.647. The number of hydrogen-bond donors (Lipinski definition) is 0. The number of piperazine rings is 1. The molecule has 5 heteroatoms. The number of hydrogen-bond acceptors (Lipinski definition) is 4. The van der Waals surface area contributed by atoms with E-state index in [1.54, 1.807) is 0 Å². The SMILES string of the molecule is CCOc1ccc(CCC(=O)N2CCN(Cc3ccc(OCC)cc3)CC2)cc1. The van der Waals surface area contributed by atoms with Crippen molar-refractivity contribution in [2.45, 2.75) is 33.2 Å². The van der Waals surface area contributed by atoms with Gasteiger partial charge < -0.3 is 14.4 Å². The standard InChI is InChI=1S/C24H32N2O3/c1-3-28-22-10-5-20(6-11-22)9-14-24(27)26-17-15-25(16-18-26)19-21-7-12-23(13-8-21)29-4-2/h5-8,10-13H,3-4,9,14-19H2,1-2H3. The molecule has 0 atom stereocenters. The lowest BCUT2D eigenvalue weighted by molar-refractivity contribution is -0.133. The van der Waals surface area contributed by atoms with E-state index in [2.05, 4.69) is 17.0 Å². The fourth-order valence-electron chi connectivity index (χ4n) is 3.60. The van der Waals surface area contributed by atoms with Crippen LogP contribution >= 0.6 is 0 Å². The number of nitrogens with zero attached hydrogens (tertiary/aromatic N) is 2. The van der Waals surface area contributed by atoms with E-state index in [0.29, 0.717) is 19.6 Å². The lowest BCUT2D eigenvalue weighted by atomic mass is 10.1. The van der Waals surface area contributed by atoms with Gasteiger partial charge in [0.15, 0.2) is 0 Å². The molecule has 29 heavy (non-hydrogen) atoms. The molecule has 0 aromatic heterocycles. The van der Waals surface area contributed by atoms with E-state index in [-0.39, 0.29) is 5.91 Å². The summed E-state index contributed by atoms with van der Waals surface area (Å²) >= 11 is 0. The number of aryl methyl sites for hydroxylation is 1. The van der Waals surface area contributed by atoms with E-state index in [4.69, 9.17) is 9.47 Å². The third-order valence-electron chi connectivity index (χ3n) is 5.23. The highest BCUT2D eigenvalue weighted by Crippen LogP contribution is 2.16. The average molecular weight is 397 g/mol. The fraction of sp³-hybridized carbons (Fsp3) is 0.458. The van der Waals surface area contributed by atoms with Crippen LogP contribution in [0.2, 0.25) is 0 Å². The summed E-state index contributed by atoms with van der Waals surface area (Å²) in [6.45, 7) is 9.69. The van der Waals surface area contributed by atoms with Gasteiger partial charge in [0.05, 0.1) is 13.2 Å². The molecule has 156 valence electrons. The van der Waals surface area contributed by atoms with Crippen molar-refractivity contribution in [3.05, 3.63) is 59.7 Å². The van der Waals surface area contributed by atoms with Gasteiger partial charge in [0.1, 0.15) is 11.5 Å². The fourth-order valence-corrected chi connectivity index (χ4v) is 3.60. The summed E-state index contributed by atoms with van der Waals surface area (Å²) in [5.74, 6) is 2.05. The summed E-state index contributed by atoms with van der Waals surface area (Å²) < 4.78 is 11.0. The second kappa shape index (κ2) is 10.9. The van der Waals surface area contributed by atoms with Crippen molar-refractivity contribution < 1.29 is 14.3 Å². The summed E-state index contributed by atoms with van der Waals surface area (Å²) in [4.78, 5) is 17.0. The second-order valence-corrected chi connectivity index (χ2v) is 7.31. The van der Waals surface area contributed by atoms with E-state index in [1.165, 1.54) is 11.1 Å². The molecule has 0 bridgehead atoms. The molecule has 0 saturated carbocycles.